The van der Waals surface area contributed by atoms with Gasteiger partial charge in [0.05, 0.1) is 5.88 Å². The number of nitrogens with zero attached hydrogens (tertiary/aromatic N) is 2. The van der Waals surface area contributed by atoms with Crippen LogP contribution in [0.4, 0.5) is 5.82 Å². The molecule has 0 aromatic carbocycles. The zero-order chi connectivity index (χ0) is 14.2. The van der Waals surface area contributed by atoms with Gasteiger partial charge in [-0.2, -0.15) is 0 Å². The van der Waals surface area contributed by atoms with Gasteiger partial charge in [0.15, 0.2) is 0 Å². The second-order valence-electron chi connectivity index (χ2n) is 6.71. The van der Waals surface area contributed by atoms with E-state index in [1.54, 1.807) is 0 Å². The van der Waals surface area contributed by atoms with Crippen LogP contribution in [0.2, 0.25) is 0 Å². The second kappa shape index (κ2) is 5.55. The van der Waals surface area contributed by atoms with E-state index >= 15 is 0 Å². The molecule has 2 heterocycles. The fourth-order valence-electron chi connectivity index (χ4n) is 4.09. The monoisotopic (exact) mass is 292 g/mol. The van der Waals surface area contributed by atoms with Gasteiger partial charge in [-0.15, -0.1) is 11.6 Å². The number of hydrogen-bond acceptors (Lipinski definition) is 2. The third kappa shape index (κ3) is 2.55. The molecule has 1 saturated carbocycles. The summed E-state index contributed by atoms with van der Waals surface area (Å²) in [6, 6.07) is 2.14. The highest BCUT2D eigenvalue weighted by atomic mass is 35.5. The Morgan fingerprint density at radius 2 is 1.80 bits per heavy atom. The summed E-state index contributed by atoms with van der Waals surface area (Å²) in [5.41, 5.74) is 4.27. The summed E-state index contributed by atoms with van der Waals surface area (Å²) in [7, 11) is 0. The minimum absolute atomic E-state index is 0.566. The Morgan fingerprint density at radius 3 is 2.40 bits per heavy atom. The first-order chi connectivity index (χ1) is 9.63. The average Bonchev–Trinajstić information content (AvgIpc) is 2.87. The van der Waals surface area contributed by atoms with E-state index in [1.165, 1.54) is 49.7 Å². The van der Waals surface area contributed by atoms with E-state index < -0.39 is 0 Å². The normalized spacial score (nSPS) is 21.6. The van der Waals surface area contributed by atoms with Crippen LogP contribution in [0, 0.1) is 19.3 Å². The van der Waals surface area contributed by atoms with Gasteiger partial charge < -0.3 is 4.90 Å². The lowest BCUT2D eigenvalue weighted by Gasteiger charge is -2.40. The quantitative estimate of drug-likeness (QED) is 0.741. The highest BCUT2D eigenvalue weighted by Crippen LogP contribution is 2.46. The van der Waals surface area contributed by atoms with Gasteiger partial charge in [-0.3, -0.25) is 0 Å². The maximum Gasteiger partial charge on any atom is 0.133 e. The molecule has 1 aliphatic carbocycles. The van der Waals surface area contributed by atoms with Crippen molar-refractivity contribution in [3.63, 3.8) is 0 Å². The molecule has 0 radical (unpaired) electrons. The van der Waals surface area contributed by atoms with Gasteiger partial charge in [0.1, 0.15) is 5.82 Å². The third-order valence-electron chi connectivity index (χ3n) is 5.38. The Balaban J connectivity index is 1.81. The average molecular weight is 293 g/mol. The maximum atomic E-state index is 6.16. The summed E-state index contributed by atoms with van der Waals surface area (Å²) in [4.78, 5) is 7.26. The van der Waals surface area contributed by atoms with E-state index in [2.05, 4.69) is 24.8 Å². The van der Waals surface area contributed by atoms with Crippen LogP contribution in [0.15, 0.2) is 6.07 Å². The number of rotatable bonds is 2. The lowest BCUT2D eigenvalue weighted by Crippen LogP contribution is -2.39. The number of alkyl halides is 1. The van der Waals surface area contributed by atoms with Crippen molar-refractivity contribution in [1.82, 2.24) is 4.98 Å². The summed E-state index contributed by atoms with van der Waals surface area (Å²) >= 11 is 6.16. The van der Waals surface area contributed by atoms with Crippen molar-refractivity contribution >= 4 is 17.4 Å². The number of hydrogen-bond donors (Lipinski definition) is 0. The minimum Gasteiger partial charge on any atom is -0.356 e. The van der Waals surface area contributed by atoms with Gasteiger partial charge in [-0.25, -0.2) is 4.98 Å². The first-order valence-corrected chi connectivity index (χ1v) is 8.45. The van der Waals surface area contributed by atoms with Crippen LogP contribution in [0.1, 0.15) is 55.3 Å². The fourth-order valence-corrected chi connectivity index (χ4v) is 4.42. The molecule has 0 bridgehead atoms. The Morgan fingerprint density at radius 1 is 1.15 bits per heavy atom. The van der Waals surface area contributed by atoms with Crippen molar-refractivity contribution in [1.29, 1.82) is 0 Å². The van der Waals surface area contributed by atoms with Crippen LogP contribution < -0.4 is 4.90 Å². The predicted molar refractivity (Wildman–Crippen MR) is 85.6 cm³/mol. The number of halogens is 1. The molecule has 1 aromatic heterocycles. The summed E-state index contributed by atoms with van der Waals surface area (Å²) in [6.07, 6.45) is 8.45. The Bertz CT molecular complexity index is 482. The minimum atomic E-state index is 0.566. The molecular weight excluding hydrogens is 268 g/mol. The van der Waals surface area contributed by atoms with E-state index in [4.69, 9.17) is 16.6 Å². The Kier molecular flexibility index (Phi) is 3.94. The van der Waals surface area contributed by atoms with Crippen molar-refractivity contribution < 1.29 is 0 Å². The second-order valence-corrected chi connectivity index (χ2v) is 6.98. The summed E-state index contributed by atoms with van der Waals surface area (Å²) in [6.45, 7) is 6.54. The molecule has 2 fully saturated rings. The Hall–Kier alpha value is -0.760. The molecule has 0 N–H and O–H groups in total. The molecule has 1 spiro atoms. The summed E-state index contributed by atoms with van der Waals surface area (Å²) in [5.74, 6) is 1.71. The van der Waals surface area contributed by atoms with Gasteiger partial charge in [0.2, 0.25) is 0 Å². The third-order valence-corrected chi connectivity index (χ3v) is 5.64. The first kappa shape index (κ1) is 14.2. The topological polar surface area (TPSA) is 16.1 Å². The molecule has 2 aliphatic rings. The summed E-state index contributed by atoms with van der Waals surface area (Å²) in [5, 5.41) is 0. The van der Waals surface area contributed by atoms with Gasteiger partial charge in [0, 0.05) is 24.3 Å². The molecule has 110 valence electrons. The van der Waals surface area contributed by atoms with Crippen molar-refractivity contribution in [2.24, 2.45) is 5.41 Å². The van der Waals surface area contributed by atoms with Gasteiger partial charge in [0.25, 0.3) is 0 Å². The summed E-state index contributed by atoms with van der Waals surface area (Å²) < 4.78 is 0. The van der Waals surface area contributed by atoms with Crippen LogP contribution in [-0.4, -0.2) is 18.1 Å². The van der Waals surface area contributed by atoms with E-state index in [1.807, 2.05) is 0 Å². The number of pyridine rings is 1. The van der Waals surface area contributed by atoms with Crippen LogP contribution in [0.3, 0.4) is 0 Å². The maximum absolute atomic E-state index is 6.16. The molecule has 2 nitrogen and oxygen atoms in total. The molecule has 20 heavy (non-hydrogen) atoms. The molecule has 3 rings (SSSR count). The largest absolute Gasteiger partial charge is 0.356 e. The van der Waals surface area contributed by atoms with Crippen LogP contribution in [0.25, 0.3) is 0 Å². The predicted octanol–water partition coefficient (Wildman–Crippen LogP) is 4.60. The molecular formula is C17H25ClN2. The van der Waals surface area contributed by atoms with E-state index in [-0.39, 0.29) is 0 Å². The first-order valence-electron chi connectivity index (χ1n) is 7.92. The molecule has 0 atom stereocenters. The van der Waals surface area contributed by atoms with Crippen molar-refractivity contribution in [3.05, 3.63) is 22.9 Å². The highest BCUT2D eigenvalue weighted by Gasteiger charge is 2.37. The lowest BCUT2D eigenvalue weighted by atomic mass is 9.77. The van der Waals surface area contributed by atoms with E-state index in [9.17, 15) is 0 Å². The zero-order valence-corrected chi connectivity index (χ0v) is 13.5. The number of anilines is 1. The van der Waals surface area contributed by atoms with Gasteiger partial charge in [-0.1, -0.05) is 12.8 Å². The fraction of sp³-hybridized carbons (Fsp3) is 0.706. The number of aromatic nitrogens is 1. The highest BCUT2D eigenvalue weighted by molar-refractivity contribution is 6.17. The standard InChI is InChI=1S/C17H25ClN2/c1-13-11-14(2)19-16(15(13)12-18)20-9-7-17(8-10-20)5-3-4-6-17/h11H,3-10,12H2,1-2H3. The lowest BCUT2D eigenvalue weighted by molar-refractivity contribution is 0.226. The SMILES string of the molecule is Cc1cc(C)c(CCl)c(N2CCC3(CCCC3)CC2)n1. The molecule has 0 amide bonds. The van der Waals surface area contributed by atoms with Crippen molar-refractivity contribution in [2.75, 3.05) is 18.0 Å². The Labute approximate surface area is 127 Å². The zero-order valence-electron chi connectivity index (χ0n) is 12.7. The smallest absolute Gasteiger partial charge is 0.133 e. The van der Waals surface area contributed by atoms with Crippen LogP contribution >= 0.6 is 11.6 Å². The van der Waals surface area contributed by atoms with Gasteiger partial charge >= 0.3 is 0 Å². The van der Waals surface area contributed by atoms with E-state index in [0.29, 0.717) is 11.3 Å². The van der Waals surface area contributed by atoms with Crippen molar-refractivity contribution in [2.45, 2.75) is 58.3 Å². The number of piperidine rings is 1. The molecule has 0 unspecified atom stereocenters. The van der Waals surface area contributed by atoms with Crippen LogP contribution in [0.5, 0.6) is 0 Å². The number of aryl methyl sites for hydroxylation is 2. The molecule has 1 aromatic rings. The van der Waals surface area contributed by atoms with E-state index in [0.717, 1.165) is 24.6 Å². The van der Waals surface area contributed by atoms with Crippen LogP contribution in [-0.2, 0) is 5.88 Å². The van der Waals surface area contributed by atoms with Gasteiger partial charge in [-0.05, 0) is 56.6 Å². The molecule has 1 saturated heterocycles. The molecule has 1 aliphatic heterocycles. The molecule has 3 heteroatoms. The van der Waals surface area contributed by atoms with Crippen molar-refractivity contribution in [3.8, 4) is 0 Å².